The predicted octanol–water partition coefficient (Wildman–Crippen LogP) is 2.19. The summed E-state index contributed by atoms with van der Waals surface area (Å²) < 4.78 is 0. The molecule has 0 aromatic carbocycles. The van der Waals surface area contributed by atoms with Crippen LogP contribution in [0.5, 0.6) is 0 Å². The van der Waals surface area contributed by atoms with Crippen LogP contribution in [0.15, 0.2) is 5.38 Å². The summed E-state index contributed by atoms with van der Waals surface area (Å²) in [4.78, 5) is 17.0. The maximum atomic E-state index is 12.5. The lowest BCUT2D eigenvalue weighted by molar-refractivity contribution is -0.125. The molecular weight excluding hydrogens is 270 g/mol. The fraction of sp³-hybridized carbons (Fsp3) is 0.733. The molecule has 0 bridgehead atoms. The van der Waals surface area contributed by atoms with Gasteiger partial charge in [-0.2, -0.15) is 0 Å². The number of nitrogens with zero attached hydrogens (tertiary/aromatic N) is 1. The Morgan fingerprint density at radius 3 is 2.80 bits per heavy atom. The van der Waals surface area contributed by atoms with Gasteiger partial charge in [0.25, 0.3) is 0 Å². The highest BCUT2D eigenvalue weighted by Gasteiger charge is 2.58. The third-order valence-electron chi connectivity index (χ3n) is 4.69. The zero-order valence-electron chi connectivity index (χ0n) is 12.5. The summed E-state index contributed by atoms with van der Waals surface area (Å²) in [5.74, 6) is 0.426. The van der Waals surface area contributed by atoms with Crippen LogP contribution < -0.4 is 10.6 Å². The highest BCUT2D eigenvalue weighted by Crippen LogP contribution is 2.58. The number of aryl methyl sites for hydroxylation is 1. The normalized spacial score (nSPS) is 24.6. The zero-order chi connectivity index (χ0) is 14.4. The molecule has 3 rings (SSSR count). The Morgan fingerprint density at radius 2 is 2.20 bits per heavy atom. The van der Waals surface area contributed by atoms with Gasteiger partial charge in [-0.3, -0.25) is 4.79 Å². The molecule has 1 aromatic rings. The molecule has 1 aliphatic carbocycles. The van der Waals surface area contributed by atoms with E-state index in [1.54, 1.807) is 11.3 Å². The third-order valence-corrected chi connectivity index (χ3v) is 5.98. The van der Waals surface area contributed by atoms with Gasteiger partial charge >= 0.3 is 0 Å². The van der Waals surface area contributed by atoms with Crippen molar-refractivity contribution in [1.82, 2.24) is 15.6 Å². The molecule has 1 unspecified atom stereocenters. The Morgan fingerprint density at radius 1 is 1.50 bits per heavy atom. The van der Waals surface area contributed by atoms with Gasteiger partial charge in [0.15, 0.2) is 0 Å². The minimum atomic E-state index is -0.368. The van der Waals surface area contributed by atoms with Crippen LogP contribution in [0.2, 0.25) is 0 Å². The number of carbonyl (C=O) groups excluding carboxylic acids is 1. The molecule has 1 saturated carbocycles. The number of aromatic nitrogens is 1. The SMILES string of the molecule is Cc1csc(C(C)(C)NC(=O)C2CC23CCNCC3)n1. The lowest BCUT2D eigenvalue weighted by atomic mass is 9.91. The van der Waals surface area contributed by atoms with Gasteiger partial charge in [-0.1, -0.05) is 0 Å². The second-order valence-electron chi connectivity index (χ2n) is 6.78. The lowest BCUT2D eigenvalue weighted by Crippen LogP contribution is -2.43. The molecule has 1 amide bonds. The number of hydrogen-bond donors (Lipinski definition) is 2. The molecule has 1 aromatic heterocycles. The first kappa shape index (κ1) is 14.0. The van der Waals surface area contributed by atoms with E-state index < -0.39 is 0 Å². The van der Waals surface area contributed by atoms with Gasteiger partial charge in [0.05, 0.1) is 5.54 Å². The molecule has 2 N–H and O–H groups in total. The van der Waals surface area contributed by atoms with Crippen LogP contribution in [0.4, 0.5) is 0 Å². The minimum Gasteiger partial charge on any atom is -0.344 e. The molecule has 0 radical (unpaired) electrons. The van der Waals surface area contributed by atoms with Crippen molar-refractivity contribution in [3.63, 3.8) is 0 Å². The average Bonchev–Trinajstić information content (AvgIpc) is 2.88. The summed E-state index contributed by atoms with van der Waals surface area (Å²) in [6.07, 6.45) is 3.34. The largest absolute Gasteiger partial charge is 0.344 e. The first-order chi connectivity index (χ1) is 9.43. The van der Waals surface area contributed by atoms with Crippen LogP contribution in [0.25, 0.3) is 0 Å². The standard InChI is InChI=1S/C15H23N3OS/c1-10-9-20-13(17-10)14(2,3)18-12(19)11-8-15(11)4-6-16-7-5-15/h9,11,16H,4-8H2,1-3H3,(H,18,19). The van der Waals surface area contributed by atoms with E-state index in [-0.39, 0.29) is 17.4 Å². The van der Waals surface area contributed by atoms with E-state index >= 15 is 0 Å². The van der Waals surface area contributed by atoms with Crippen molar-refractivity contribution in [2.75, 3.05) is 13.1 Å². The molecule has 1 saturated heterocycles. The first-order valence-corrected chi connectivity index (χ1v) is 8.26. The summed E-state index contributed by atoms with van der Waals surface area (Å²) >= 11 is 1.62. The maximum absolute atomic E-state index is 12.5. The van der Waals surface area contributed by atoms with Crippen LogP contribution in [0, 0.1) is 18.3 Å². The Labute approximate surface area is 124 Å². The monoisotopic (exact) mass is 293 g/mol. The van der Waals surface area contributed by atoms with E-state index in [2.05, 4.69) is 15.6 Å². The predicted molar refractivity (Wildman–Crippen MR) is 80.7 cm³/mol. The molecule has 2 heterocycles. The molecule has 1 aliphatic heterocycles. The summed E-state index contributed by atoms with van der Waals surface area (Å²) in [5, 5.41) is 9.61. The summed E-state index contributed by atoms with van der Waals surface area (Å²) in [5.41, 5.74) is 0.949. The van der Waals surface area contributed by atoms with Gasteiger partial charge in [0, 0.05) is 17.0 Å². The molecule has 20 heavy (non-hydrogen) atoms. The van der Waals surface area contributed by atoms with Gasteiger partial charge in [-0.15, -0.1) is 11.3 Å². The number of amides is 1. The van der Waals surface area contributed by atoms with Crippen molar-refractivity contribution in [2.45, 2.75) is 45.6 Å². The maximum Gasteiger partial charge on any atom is 0.224 e. The van der Waals surface area contributed by atoms with Gasteiger partial charge in [0.1, 0.15) is 5.01 Å². The first-order valence-electron chi connectivity index (χ1n) is 7.38. The third kappa shape index (κ3) is 2.49. The van der Waals surface area contributed by atoms with E-state index in [1.165, 1.54) is 0 Å². The Balaban J connectivity index is 1.65. The van der Waals surface area contributed by atoms with E-state index in [9.17, 15) is 4.79 Å². The van der Waals surface area contributed by atoms with Gasteiger partial charge in [0.2, 0.25) is 5.91 Å². The van der Waals surface area contributed by atoms with Gasteiger partial charge < -0.3 is 10.6 Å². The van der Waals surface area contributed by atoms with Crippen LogP contribution in [-0.2, 0) is 10.3 Å². The smallest absolute Gasteiger partial charge is 0.224 e. The molecule has 1 atom stereocenters. The quantitative estimate of drug-likeness (QED) is 0.898. The number of piperidine rings is 1. The number of thiazole rings is 1. The molecule has 110 valence electrons. The number of rotatable bonds is 3. The van der Waals surface area contributed by atoms with Crippen LogP contribution >= 0.6 is 11.3 Å². The van der Waals surface area contributed by atoms with Crippen molar-refractivity contribution in [1.29, 1.82) is 0 Å². The van der Waals surface area contributed by atoms with Crippen molar-refractivity contribution in [3.8, 4) is 0 Å². The van der Waals surface area contributed by atoms with E-state index in [1.807, 2.05) is 26.2 Å². The highest BCUT2D eigenvalue weighted by atomic mass is 32.1. The Hall–Kier alpha value is -0.940. The lowest BCUT2D eigenvalue weighted by Gasteiger charge is -2.27. The fourth-order valence-electron chi connectivity index (χ4n) is 3.29. The number of hydrogen-bond acceptors (Lipinski definition) is 4. The number of nitrogens with one attached hydrogen (secondary N) is 2. The summed E-state index contributed by atoms with van der Waals surface area (Å²) in [7, 11) is 0. The summed E-state index contributed by atoms with van der Waals surface area (Å²) in [6, 6.07) is 0. The fourth-order valence-corrected chi connectivity index (χ4v) is 4.16. The van der Waals surface area contributed by atoms with Gasteiger partial charge in [-0.25, -0.2) is 4.98 Å². The second kappa shape index (κ2) is 4.81. The average molecular weight is 293 g/mol. The van der Waals surface area contributed by atoms with Crippen molar-refractivity contribution in [2.24, 2.45) is 11.3 Å². The molecule has 2 aliphatic rings. The van der Waals surface area contributed by atoms with E-state index in [0.29, 0.717) is 5.41 Å². The van der Waals surface area contributed by atoms with E-state index in [4.69, 9.17) is 0 Å². The molecule has 5 heteroatoms. The molecule has 4 nitrogen and oxygen atoms in total. The van der Waals surface area contributed by atoms with Crippen molar-refractivity contribution >= 4 is 17.2 Å². The second-order valence-corrected chi connectivity index (χ2v) is 7.64. The minimum absolute atomic E-state index is 0.213. The van der Waals surface area contributed by atoms with Crippen LogP contribution in [-0.4, -0.2) is 24.0 Å². The van der Waals surface area contributed by atoms with Crippen molar-refractivity contribution in [3.05, 3.63) is 16.1 Å². The highest BCUT2D eigenvalue weighted by molar-refractivity contribution is 7.09. The van der Waals surface area contributed by atoms with Crippen LogP contribution in [0.1, 0.15) is 43.8 Å². The van der Waals surface area contributed by atoms with E-state index in [0.717, 1.165) is 43.1 Å². The van der Waals surface area contributed by atoms with Crippen molar-refractivity contribution < 1.29 is 4.79 Å². The molecule has 2 fully saturated rings. The van der Waals surface area contributed by atoms with Gasteiger partial charge in [-0.05, 0) is 58.5 Å². The molecular formula is C15H23N3OS. The molecule has 1 spiro atoms. The topological polar surface area (TPSA) is 54.0 Å². The Kier molecular flexibility index (Phi) is 3.37. The van der Waals surface area contributed by atoms with Crippen LogP contribution in [0.3, 0.4) is 0 Å². The zero-order valence-corrected chi connectivity index (χ0v) is 13.3. The Bertz CT molecular complexity index is 517. The number of carbonyl (C=O) groups is 1. The summed E-state index contributed by atoms with van der Waals surface area (Å²) in [6.45, 7) is 8.18.